The van der Waals surface area contributed by atoms with Crippen molar-refractivity contribution in [2.45, 2.75) is 25.7 Å². The molecule has 0 aliphatic rings. The van der Waals surface area contributed by atoms with Crippen LogP contribution >= 0.6 is 0 Å². The number of ether oxygens (including phenoxy) is 1. The Morgan fingerprint density at radius 3 is 2.06 bits per heavy atom. The lowest BCUT2D eigenvalue weighted by Crippen LogP contribution is -2.16. The standard InChI is InChI=1S/C24H25N3O5S/c1-4-32-22-13-11-20(12-14-22)27-33(30,31)23-15-21(8-5-16(23)2)26-24(29)18-6-9-19(10-7-18)25-17(3)28/h5-15,27H,4H2,1-3H3,(H,25,28)(H,26,29). The highest BCUT2D eigenvalue weighted by molar-refractivity contribution is 7.92. The predicted octanol–water partition coefficient (Wildman–Crippen LogP) is 4.41. The van der Waals surface area contributed by atoms with Gasteiger partial charge in [-0.05, 0) is 80.1 Å². The zero-order valence-corrected chi connectivity index (χ0v) is 19.3. The summed E-state index contributed by atoms with van der Waals surface area (Å²) in [4.78, 5) is 23.8. The predicted molar refractivity (Wildman–Crippen MR) is 128 cm³/mol. The van der Waals surface area contributed by atoms with Gasteiger partial charge in [-0.15, -0.1) is 0 Å². The van der Waals surface area contributed by atoms with E-state index in [-0.39, 0.29) is 10.8 Å². The fourth-order valence-corrected chi connectivity index (χ4v) is 4.41. The van der Waals surface area contributed by atoms with E-state index in [2.05, 4.69) is 15.4 Å². The topological polar surface area (TPSA) is 114 Å². The maximum atomic E-state index is 13.0. The Bertz CT molecular complexity index is 1250. The first-order valence-corrected chi connectivity index (χ1v) is 11.7. The van der Waals surface area contributed by atoms with Gasteiger partial charge in [0.25, 0.3) is 15.9 Å². The summed E-state index contributed by atoms with van der Waals surface area (Å²) >= 11 is 0. The van der Waals surface area contributed by atoms with Crippen molar-refractivity contribution in [2.24, 2.45) is 0 Å². The Morgan fingerprint density at radius 2 is 1.45 bits per heavy atom. The van der Waals surface area contributed by atoms with Gasteiger partial charge < -0.3 is 15.4 Å². The Morgan fingerprint density at radius 1 is 0.848 bits per heavy atom. The van der Waals surface area contributed by atoms with Crippen LogP contribution in [0.15, 0.2) is 71.6 Å². The number of hydrogen-bond donors (Lipinski definition) is 3. The van der Waals surface area contributed by atoms with Crippen molar-refractivity contribution < 1.29 is 22.7 Å². The first-order chi connectivity index (χ1) is 15.7. The second-order valence-corrected chi connectivity index (χ2v) is 8.91. The van der Waals surface area contributed by atoms with Gasteiger partial charge in [0.05, 0.1) is 11.5 Å². The molecule has 172 valence electrons. The van der Waals surface area contributed by atoms with E-state index in [1.54, 1.807) is 67.6 Å². The molecule has 0 unspecified atom stereocenters. The van der Waals surface area contributed by atoms with Crippen LogP contribution in [0.25, 0.3) is 0 Å². The van der Waals surface area contributed by atoms with Gasteiger partial charge in [-0.1, -0.05) is 6.07 Å². The molecule has 0 saturated heterocycles. The van der Waals surface area contributed by atoms with Crippen LogP contribution in [0, 0.1) is 6.92 Å². The van der Waals surface area contributed by atoms with Crippen molar-refractivity contribution in [1.29, 1.82) is 0 Å². The van der Waals surface area contributed by atoms with Crippen molar-refractivity contribution >= 4 is 38.9 Å². The molecule has 33 heavy (non-hydrogen) atoms. The average Bonchev–Trinajstić information content (AvgIpc) is 2.76. The summed E-state index contributed by atoms with van der Waals surface area (Å²) in [6, 6.07) is 17.6. The number of benzene rings is 3. The fourth-order valence-electron chi connectivity index (χ4n) is 3.07. The molecule has 3 aromatic carbocycles. The van der Waals surface area contributed by atoms with E-state index in [4.69, 9.17) is 4.74 Å². The number of aryl methyl sites for hydroxylation is 1. The smallest absolute Gasteiger partial charge is 0.262 e. The second kappa shape index (κ2) is 10.2. The molecular formula is C24H25N3O5S. The summed E-state index contributed by atoms with van der Waals surface area (Å²) in [5.41, 5.74) is 2.20. The van der Waals surface area contributed by atoms with Crippen LogP contribution in [0.2, 0.25) is 0 Å². The Balaban J connectivity index is 1.76. The Labute approximate surface area is 193 Å². The summed E-state index contributed by atoms with van der Waals surface area (Å²) in [6.45, 7) is 5.46. The number of sulfonamides is 1. The van der Waals surface area contributed by atoms with E-state index in [1.807, 2.05) is 6.92 Å². The van der Waals surface area contributed by atoms with Crippen LogP contribution in [-0.4, -0.2) is 26.8 Å². The largest absolute Gasteiger partial charge is 0.494 e. The molecule has 0 aliphatic carbocycles. The summed E-state index contributed by atoms with van der Waals surface area (Å²) in [5, 5.41) is 5.34. The molecule has 0 heterocycles. The van der Waals surface area contributed by atoms with Gasteiger partial charge in [-0.3, -0.25) is 14.3 Å². The molecule has 2 amide bonds. The summed E-state index contributed by atoms with van der Waals surface area (Å²) in [6.07, 6.45) is 0. The molecule has 0 aliphatic heterocycles. The number of carbonyl (C=O) groups excluding carboxylic acids is 2. The monoisotopic (exact) mass is 467 g/mol. The Kier molecular flexibility index (Phi) is 7.34. The van der Waals surface area contributed by atoms with Crippen LogP contribution in [0.3, 0.4) is 0 Å². The SMILES string of the molecule is CCOc1ccc(NS(=O)(=O)c2cc(NC(=O)c3ccc(NC(C)=O)cc3)ccc2C)cc1. The lowest BCUT2D eigenvalue weighted by molar-refractivity contribution is -0.114. The minimum atomic E-state index is -3.89. The van der Waals surface area contributed by atoms with Crippen molar-refractivity contribution in [1.82, 2.24) is 0 Å². The lowest BCUT2D eigenvalue weighted by Gasteiger charge is -2.13. The maximum absolute atomic E-state index is 13.0. The highest BCUT2D eigenvalue weighted by atomic mass is 32.2. The highest BCUT2D eigenvalue weighted by Crippen LogP contribution is 2.24. The van der Waals surface area contributed by atoms with Crippen LogP contribution in [0.4, 0.5) is 17.1 Å². The van der Waals surface area contributed by atoms with Gasteiger partial charge in [-0.25, -0.2) is 8.42 Å². The van der Waals surface area contributed by atoms with E-state index in [0.717, 1.165) is 0 Å². The average molecular weight is 468 g/mol. The van der Waals surface area contributed by atoms with Crippen LogP contribution in [0.5, 0.6) is 5.75 Å². The van der Waals surface area contributed by atoms with Gasteiger partial charge in [0.2, 0.25) is 5.91 Å². The van der Waals surface area contributed by atoms with Crippen LogP contribution < -0.4 is 20.1 Å². The number of anilines is 3. The number of amides is 2. The van der Waals surface area contributed by atoms with Gasteiger partial charge in [0.1, 0.15) is 5.75 Å². The van der Waals surface area contributed by atoms with Gasteiger partial charge in [-0.2, -0.15) is 0 Å². The second-order valence-electron chi connectivity index (χ2n) is 7.26. The first-order valence-electron chi connectivity index (χ1n) is 10.2. The molecule has 3 aromatic rings. The third-order valence-corrected chi connectivity index (χ3v) is 6.14. The molecule has 0 aromatic heterocycles. The molecule has 0 radical (unpaired) electrons. The summed E-state index contributed by atoms with van der Waals surface area (Å²) in [7, 11) is -3.89. The fraction of sp³-hybridized carbons (Fsp3) is 0.167. The van der Waals surface area contributed by atoms with E-state index >= 15 is 0 Å². The molecule has 3 N–H and O–H groups in total. The van der Waals surface area contributed by atoms with Crippen molar-refractivity contribution in [2.75, 3.05) is 22.0 Å². The zero-order chi connectivity index (χ0) is 24.0. The van der Waals surface area contributed by atoms with Crippen molar-refractivity contribution in [3.63, 3.8) is 0 Å². The van der Waals surface area contributed by atoms with Gasteiger partial charge >= 0.3 is 0 Å². The normalized spacial score (nSPS) is 10.9. The molecule has 0 saturated carbocycles. The number of carbonyl (C=O) groups is 2. The van der Waals surface area contributed by atoms with E-state index < -0.39 is 15.9 Å². The molecule has 8 nitrogen and oxygen atoms in total. The van der Waals surface area contributed by atoms with Crippen molar-refractivity contribution in [3.8, 4) is 5.75 Å². The molecule has 0 spiro atoms. The summed E-state index contributed by atoms with van der Waals surface area (Å²) in [5.74, 6) is 0.0296. The minimum Gasteiger partial charge on any atom is -0.494 e. The van der Waals surface area contributed by atoms with Crippen LogP contribution in [0.1, 0.15) is 29.8 Å². The Hall–Kier alpha value is -3.85. The first kappa shape index (κ1) is 23.8. The highest BCUT2D eigenvalue weighted by Gasteiger charge is 2.18. The van der Waals surface area contributed by atoms with Crippen molar-refractivity contribution in [3.05, 3.63) is 77.9 Å². The van der Waals surface area contributed by atoms with E-state index in [1.165, 1.54) is 13.0 Å². The van der Waals surface area contributed by atoms with Gasteiger partial charge in [0.15, 0.2) is 0 Å². The molecule has 9 heteroatoms. The van der Waals surface area contributed by atoms with E-state index in [0.29, 0.717) is 40.5 Å². The minimum absolute atomic E-state index is 0.0511. The zero-order valence-electron chi connectivity index (χ0n) is 18.5. The third kappa shape index (κ3) is 6.33. The summed E-state index contributed by atoms with van der Waals surface area (Å²) < 4.78 is 33.9. The molecule has 0 bridgehead atoms. The molecule has 0 atom stereocenters. The quantitative estimate of drug-likeness (QED) is 0.454. The third-order valence-electron chi connectivity index (χ3n) is 4.62. The number of hydrogen-bond acceptors (Lipinski definition) is 5. The number of rotatable bonds is 8. The van der Waals surface area contributed by atoms with E-state index in [9.17, 15) is 18.0 Å². The molecular weight excluding hydrogens is 442 g/mol. The number of nitrogens with one attached hydrogen (secondary N) is 3. The molecule has 3 rings (SSSR count). The lowest BCUT2D eigenvalue weighted by atomic mass is 10.1. The van der Waals surface area contributed by atoms with Gasteiger partial charge in [0, 0.05) is 29.5 Å². The van der Waals surface area contributed by atoms with Crippen LogP contribution in [-0.2, 0) is 14.8 Å². The molecule has 0 fully saturated rings. The maximum Gasteiger partial charge on any atom is 0.262 e.